The summed E-state index contributed by atoms with van der Waals surface area (Å²) in [6, 6.07) is 12.5. The Labute approximate surface area is 148 Å². The molecular formula is C20H24N2O3. The summed E-state index contributed by atoms with van der Waals surface area (Å²) in [5, 5.41) is 2.86. The van der Waals surface area contributed by atoms with Crippen LogP contribution in [0.4, 0.5) is 0 Å². The van der Waals surface area contributed by atoms with Gasteiger partial charge in [-0.15, -0.1) is 0 Å². The van der Waals surface area contributed by atoms with Crippen molar-refractivity contribution in [3.8, 4) is 0 Å². The van der Waals surface area contributed by atoms with Crippen molar-refractivity contribution in [2.45, 2.75) is 38.1 Å². The van der Waals surface area contributed by atoms with Gasteiger partial charge < -0.3 is 14.6 Å². The summed E-state index contributed by atoms with van der Waals surface area (Å²) >= 11 is 0. The maximum atomic E-state index is 13.0. The molecule has 0 saturated carbocycles. The number of carbonyl (C=O) groups is 2. The Morgan fingerprint density at radius 1 is 1.00 bits per heavy atom. The number of hydrogen-bond acceptors (Lipinski definition) is 3. The van der Waals surface area contributed by atoms with Gasteiger partial charge in [0.15, 0.2) is 5.76 Å². The van der Waals surface area contributed by atoms with E-state index >= 15 is 0 Å². The average Bonchev–Trinajstić information content (AvgIpc) is 3.04. The molecule has 0 radical (unpaired) electrons. The van der Waals surface area contributed by atoms with Crippen LogP contribution in [0.2, 0.25) is 0 Å². The van der Waals surface area contributed by atoms with Crippen LogP contribution in [0.1, 0.15) is 41.8 Å². The Morgan fingerprint density at radius 2 is 1.72 bits per heavy atom. The molecule has 5 heteroatoms. The number of nitrogens with one attached hydrogen (secondary N) is 1. The van der Waals surface area contributed by atoms with Crippen LogP contribution < -0.4 is 5.32 Å². The van der Waals surface area contributed by atoms with E-state index in [1.807, 2.05) is 35.2 Å². The summed E-state index contributed by atoms with van der Waals surface area (Å²) in [4.78, 5) is 27.3. The standard InChI is InChI=1S/C20H24N2O3/c23-19(18-11-8-14-25-18)21-17(15-16-9-4-3-5-10-16)20(24)22-12-6-1-2-7-13-22/h3-5,8-11,14,17H,1-2,6-7,12-13,15H2,(H,21,23). The van der Waals surface area contributed by atoms with Gasteiger partial charge in [-0.3, -0.25) is 9.59 Å². The van der Waals surface area contributed by atoms with Gasteiger partial charge in [-0.2, -0.15) is 0 Å². The van der Waals surface area contributed by atoms with Crippen LogP contribution >= 0.6 is 0 Å². The maximum Gasteiger partial charge on any atom is 0.287 e. The molecule has 1 aromatic heterocycles. The fraction of sp³-hybridized carbons (Fsp3) is 0.400. The number of hydrogen-bond donors (Lipinski definition) is 1. The minimum atomic E-state index is -0.585. The molecule has 25 heavy (non-hydrogen) atoms. The Balaban J connectivity index is 1.75. The van der Waals surface area contributed by atoms with Crippen molar-refractivity contribution < 1.29 is 14.0 Å². The summed E-state index contributed by atoms with van der Waals surface area (Å²) in [6.07, 6.45) is 6.30. The highest BCUT2D eigenvalue weighted by Crippen LogP contribution is 2.13. The van der Waals surface area contributed by atoms with E-state index in [4.69, 9.17) is 4.42 Å². The van der Waals surface area contributed by atoms with E-state index < -0.39 is 6.04 Å². The predicted octanol–water partition coefficient (Wildman–Crippen LogP) is 3.02. The quantitative estimate of drug-likeness (QED) is 0.910. The van der Waals surface area contributed by atoms with Crippen molar-refractivity contribution in [2.24, 2.45) is 0 Å². The molecule has 1 aliphatic heterocycles. The fourth-order valence-corrected chi connectivity index (χ4v) is 3.20. The molecule has 2 heterocycles. The van der Waals surface area contributed by atoms with Gasteiger partial charge in [-0.25, -0.2) is 0 Å². The summed E-state index contributed by atoms with van der Waals surface area (Å²) in [6.45, 7) is 1.53. The molecule has 1 unspecified atom stereocenters. The third kappa shape index (κ3) is 4.72. The van der Waals surface area contributed by atoms with Gasteiger partial charge in [0.05, 0.1) is 6.26 Å². The molecule has 2 aromatic rings. The van der Waals surface area contributed by atoms with Gasteiger partial charge >= 0.3 is 0 Å². The SMILES string of the molecule is O=C(NC(Cc1ccccc1)C(=O)N1CCCCCC1)c1ccco1. The molecule has 0 spiro atoms. The van der Waals surface area contributed by atoms with E-state index in [-0.39, 0.29) is 17.6 Å². The second-order valence-electron chi connectivity index (χ2n) is 6.43. The molecule has 1 atom stereocenters. The highest BCUT2D eigenvalue weighted by atomic mass is 16.3. The van der Waals surface area contributed by atoms with Crippen molar-refractivity contribution in [1.82, 2.24) is 10.2 Å². The lowest BCUT2D eigenvalue weighted by Crippen LogP contribution is -2.50. The Kier molecular flexibility index (Phi) is 5.88. The lowest BCUT2D eigenvalue weighted by molar-refractivity contribution is -0.133. The molecule has 132 valence electrons. The van der Waals surface area contributed by atoms with E-state index in [2.05, 4.69) is 5.32 Å². The maximum absolute atomic E-state index is 13.0. The molecule has 1 fully saturated rings. The van der Waals surface area contributed by atoms with E-state index in [0.29, 0.717) is 6.42 Å². The third-order valence-electron chi connectivity index (χ3n) is 4.55. The van der Waals surface area contributed by atoms with Gasteiger partial charge in [-0.1, -0.05) is 43.2 Å². The number of benzene rings is 1. The van der Waals surface area contributed by atoms with Crippen LogP contribution in [0.15, 0.2) is 53.1 Å². The molecule has 3 rings (SSSR count). The highest BCUT2D eigenvalue weighted by Gasteiger charge is 2.27. The zero-order valence-corrected chi connectivity index (χ0v) is 14.3. The number of furan rings is 1. The first-order chi connectivity index (χ1) is 12.2. The third-order valence-corrected chi connectivity index (χ3v) is 4.55. The smallest absolute Gasteiger partial charge is 0.287 e. The normalized spacial score (nSPS) is 16.1. The molecule has 1 N–H and O–H groups in total. The number of likely N-dealkylation sites (tertiary alicyclic amines) is 1. The van der Waals surface area contributed by atoms with Gasteiger partial charge in [0.1, 0.15) is 6.04 Å². The molecule has 0 bridgehead atoms. The number of amides is 2. The zero-order chi connectivity index (χ0) is 17.5. The van der Waals surface area contributed by atoms with Crippen molar-refractivity contribution in [3.63, 3.8) is 0 Å². The molecule has 1 saturated heterocycles. The Hall–Kier alpha value is -2.56. The van der Waals surface area contributed by atoms with E-state index in [1.54, 1.807) is 12.1 Å². The van der Waals surface area contributed by atoms with Crippen molar-refractivity contribution >= 4 is 11.8 Å². The van der Waals surface area contributed by atoms with Crippen molar-refractivity contribution in [1.29, 1.82) is 0 Å². The molecule has 1 aliphatic rings. The lowest BCUT2D eigenvalue weighted by Gasteiger charge is -2.26. The van der Waals surface area contributed by atoms with Crippen LogP contribution in [0.25, 0.3) is 0 Å². The molecule has 5 nitrogen and oxygen atoms in total. The van der Waals surface area contributed by atoms with Gasteiger partial charge in [-0.05, 0) is 30.5 Å². The first kappa shape index (κ1) is 17.3. The summed E-state index contributed by atoms with van der Waals surface area (Å²) < 4.78 is 5.15. The van der Waals surface area contributed by atoms with Crippen LogP contribution in [-0.4, -0.2) is 35.8 Å². The molecular weight excluding hydrogens is 316 g/mol. The second-order valence-corrected chi connectivity index (χ2v) is 6.43. The van der Waals surface area contributed by atoms with E-state index in [0.717, 1.165) is 44.3 Å². The van der Waals surface area contributed by atoms with Crippen LogP contribution in [0.3, 0.4) is 0 Å². The van der Waals surface area contributed by atoms with Gasteiger partial charge in [0, 0.05) is 19.5 Å². The Morgan fingerprint density at radius 3 is 2.36 bits per heavy atom. The first-order valence-corrected chi connectivity index (χ1v) is 8.91. The summed E-state index contributed by atoms with van der Waals surface area (Å²) in [5.74, 6) is -0.138. The number of carbonyl (C=O) groups excluding carboxylic acids is 2. The first-order valence-electron chi connectivity index (χ1n) is 8.91. The zero-order valence-electron chi connectivity index (χ0n) is 14.3. The van der Waals surface area contributed by atoms with Crippen LogP contribution in [0.5, 0.6) is 0 Å². The molecule has 2 amide bonds. The number of nitrogens with zero attached hydrogens (tertiary/aromatic N) is 1. The minimum Gasteiger partial charge on any atom is -0.459 e. The van der Waals surface area contributed by atoms with Crippen molar-refractivity contribution in [3.05, 3.63) is 60.1 Å². The summed E-state index contributed by atoms with van der Waals surface area (Å²) in [7, 11) is 0. The topological polar surface area (TPSA) is 62.6 Å². The number of rotatable bonds is 5. The monoisotopic (exact) mass is 340 g/mol. The fourth-order valence-electron chi connectivity index (χ4n) is 3.20. The van der Waals surface area contributed by atoms with Crippen LogP contribution in [0, 0.1) is 0 Å². The van der Waals surface area contributed by atoms with Crippen molar-refractivity contribution in [2.75, 3.05) is 13.1 Å². The van der Waals surface area contributed by atoms with Gasteiger partial charge in [0.2, 0.25) is 5.91 Å². The molecule has 1 aromatic carbocycles. The minimum absolute atomic E-state index is 0.00865. The summed E-state index contributed by atoms with van der Waals surface area (Å²) in [5.41, 5.74) is 1.02. The molecule has 0 aliphatic carbocycles. The largest absolute Gasteiger partial charge is 0.459 e. The van der Waals surface area contributed by atoms with Crippen LogP contribution in [-0.2, 0) is 11.2 Å². The van der Waals surface area contributed by atoms with E-state index in [9.17, 15) is 9.59 Å². The predicted molar refractivity (Wildman–Crippen MR) is 95.2 cm³/mol. The Bertz CT molecular complexity index is 674. The average molecular weight is 340 g/mol. The highest BCUT2D eigenvalue weighted by molar-refractivity contribution is 5.95. The second kappa shape index (κ2) is 8.51. The van der Waals surface area contributed by atoms with Gasteiger partial charge in [0.25, 0.3) is 5.91 Å². The lowest BCUT2D eigenvalue weighted by atomic mass is 10.0. The van der Waals surface area contributed by atoms with E-state index in [1.165, 1.54) is 6.26 Å².